The molecule has 3 aromatic rings. The van der Waals surface area contributed by atoms with Crippen molar-refractivity contribution in [2.75, 3.05) is 6.54 Å². The summed E-state index contributed by atoms with van der Waals surface area (Å²) in [7, 11) is 0. The Morgan fingerprint density at radius 1 is 1.06 bits per heavy atom. The number of aryl methyl sites for hydroxylation is 2. The topological polar surface area (TPSA) is 117 Å². The molecule has 0 fully saturated rings. The summed E-state index contributed by atoms with van der Waals surface area (Å²) in [5, 5.41) is 25.2. The second kappa shape index (κ2) is 10.5. The standard InChI is InChI=1S/C23H24N4O2.C2HF3O2/c28-23(29)22-20-7-6-17-14-24-10-8-19(17)21(20)26-27(22)11-3-9-25-18-12-15-4-1-2-5-16(15)13-18;3-2(4,5)1(6)7/h1-2,4-5,8,10,14,18,25H,3,6-7,9,11-13H2,(H,28,29);(H,6,7). The number of nitrogens with one attached hydrogen (secondary N) is 1. The van der Waals surface area contributed by atoms with Crippen molar-refractivity contribution in [3.05, 3.63) is 70.7 Å². The van der Waals surface area contributed by atoms with Gasteiger partial charge in [-0.1, -0.05) is 24.3 Å². The van der Waals surface area contributed by atoms with E-state index in [-0.39, 0.29) is 0 Å². The monoisotopic (exact) mass is 502 g/mol. The molecule has 0 radical (unpaired) electrons. The van der Waals surface area contributed by atoms with Crippen LogP contribution in [0.15, 0.2) is 42.7 Å². The first-order valence-electron chi connectivity index (χ1n) is 11.5. The lowest BCUT2D eigenvalue weighted by atomic mass is 9.90. The third-order valence-corrected chi connectivity index (χ3v) is 6.33. The Hall–Kier alpha value is -3.73. The van der Waals surface area contributed by atoms with E-state index in [0.29, 0.717) is 24.7 Å². The second-order valence-electron chi connectivity index (χ2n) is 8.72. The number of halogens is 3. The first-order valence-corrected chi connectivity index (χ1v) is 11.5. The van der Waals surface area contributed by atoms with Gasteiger partial charge in [0.25, 0.3) is 0 Å². The highest BCUT2D eigenvalue weighted by Gasteiger charge is 2.38. The number of rotatable bonds is 6. The van der Waals surface area contributed by atoms with E-state index in [4.69, 9.17) is 15.0 Å². The summed E-state index contributed by atoms with van der Waals surface area (Å²) in [4.78, 5) is 25.0. The molecule has 0 bridgehead atoms. The minimum atomic E-state index is -5.08. The van der Waals surface area contributed by atoms with Crippen LogP contribution in [-0.2, 0) is 37.0 Å². The molecule has 0 saturated heterocycles. The SMILES string of the molecule is O=C(O)C(F)(F)F.O=C(O)c1c2c(nn1CCCNC1Cc3ccccc3C1)-c1ccncc1CC2. The molecule has 2 heterocycles. The summed E-state index contributed by atoms with van der Waals surface area (Å²) >= 11 is 0. The summed E-state index contributed by atoms with van der Waals surface area (Å²) in [5.74, 6) is -3.65. The Kier molecular flexibility index (Phi) is 7.39. The van der Waals surface area contributed by atoms with E-state index in [9.17, 15) is 23.1 Å². The van der Waals surface area contributed by atoms with E-state index in [2.05, 4.69) is 34.6 Å². The number of hydrogen-bond donors (Lipinski definition) is 3. The first-order chi connectivity index (χ1) is 17.1. The number of benzene rings is 1. The molecular formula is C25H25F3N4O4. The van der Waals surface area contributed by atoms with Gasteiger partial charge in [-0.25, -0.2) is 9.59 Å². The third kappa shape index (κ3) is 5.56. The zero-order valence-corrected chi connectivity index (χ0v) is 19.3. The lowest BCUT2D eigenvalue weighted by molar-refractivity contribution is -0.192. The maximum Gasteiger partial charge on any atom is 0.490 e. The Bertz CT molecular complexity index is 1250. The van der Waals surface area contributed by atoms with Crippen LogP contribution in [0, 0.1) is 0 Å². The van der Waals surface area contributed by atoms with Gasteiger partial charge in [0.1, 0.15) is 5.69 Å². The Balaban J connectivity index is 0.000000384. The van der Waals surface area contributed by atoms with Gasteiger partial charge in [-0.3, -0.25) is 9.67 Å². The van der Waals surface area contributed by atoms with Gasteiger partial charge in [-0.05, 0) is 61.4 Å². The summed E-state index contributed by atoms with van der Waals surface area (Å²) in [5.41, 5.74) is 7.04. The van der Waals surface area contributed by atoms with Gasteiger partial charge in [0.05, 0.1) is 5.69 Å². The first kappa shape index (κ1) is 25.4. The number of pyridine rings is 1. The van der Waals surface area contributed by atoms with Crippen molar-refractivity contribution < 1.29 is 33.0 Å². The fourth-order valence-electron chi connectivity index (χ4n) is 4.71. The van der Waals surface area contributed by atoms with Gasteiger partial charge < -0.3 is 15.5 Å². The lowest BCUT2D eigenvalue weighted by Crippen LogP contribution is -2.31. The van der Waals surface area contributed by atoms with E-state index < -0.39 is 18.1 Å². The molecule has 3 N–H and O–H groups in total. The average molecular weight is 502 g/mol. The molecule has 5 rings (SSSR count). The Labute approximate surface area is 204 Å². The van der Waals surface area contributed by atoms with Crippen LogP contribution in [-0.4, -0.2) is 55.7 Å². The number of fused-ring (bicyclic) bond motifs is 4. The Morgan fingerprint density at radius 2 is 1.72 bits per heavy atom. The van der Waals surface area contributed by atoms with Crippen LogP contribution in [0.1, 0.15) is 39.2 Å². The number of carboxylic acids is 2. The zero-order chi connectivity index (χ0) is 25.9. The van der Waals surface area contributed by atoms with Gasteiger partial charge in [-0.2, -0.15) is 18.3 Å². The highest BCUT2D eigenvalue weighted by molar-refractivity contribution is 5.90. The normalized spacial score (nSPS) is 14.3. The number of carbonyl (C=O) groups is 2. The summed E-state index contributed by atoms with van der Waals surface area (Å²) in [6.45, 7) is 1.45. The van der Waals surface area contributed by atoms with Crippen LogP contribution in [0.25, 0.3) is 11.3 Å². The quantitative estimate of drug-likeness (QED) is 0.442. The molecule has 0 spiro atoms. The maximum absolute atomic E-state index is 11.9. The number of hydrogen-bond acceptors (Lipinski definition) is 5. The fraction of sp³-hybridized carbons (Fsp3) is 0.360. The number of nitrogens with zero attached hydrogens (tertiary/aromatic N) is 3. The van der Waals surface area contributed by atoms with E-state index >= 15 is 0 Å². The van der Waals surface area contributed by atoms with Crippen molar-refractivity contribution in [3.63, 3.8) is 0 Å². The van der Waals surface area contributed by atoms with Gasteiger partial charge in [0, 0.05) is 36.1 Å². The van der Waals surface area contributed by atoms with Crippen LogP contribution in [0.3, 0.4) is 0 Å². The predicted octanol–water partition coefficient (Wildman–Crippen LogP) is 3.52. The molecule has 2 aliphatic carbocycles. The average Bonchev–Trinajstić information content (AvgIpc) is 3.42. The van der Waals surface area contributed by atoms with E-state index in [1.165, 1.54) is 11.1 Å². The molecule has 36 heavy (non-hydrogen) atoms. The van der Waals surface area contributed by atoms with Crippen LogP contribution in [0.5, 0.6) is 0 Å². The van der Waals surface area contributed by atoms with Crippen LogP contribution in [0.2, 0.25) is 0 Å². The summed E-state index contributed by atoms with van der Waals surface area (Å²) in [6, 6.07) is 11.0. The summed E-state index contributed by atoms with van der Waals surface area (Å²) < 4.78 is 33.4. The van der Waals surface area contributed by atoms with E-state index in [1.54, 1.807) is 10.9 Å². The predicted molar refractivity (Wildman–Crippen MR) is 124 cm³/mol. The number of carboxylic acid groups (broad SMARTS) is 2. The van der Waals surface area contributed by atoms with Gasteiger partial charge >= 0.3 is 18.1 Å². The van der Waals surface area contributed by atoms with Crippen molar-refractivity contribution in [2.45, 2.75) is 50.9 Å². The van der Waals surface area contributed by atoms with Gasteiger partial charge in [-0.15, -0.1) is 0 Å². The van der Waals surface area contributed by atoms with Crippen LogP contribution >= 0.6 is 0 Å². The minimum Gasteiger partial charge on any atom is -0.477 e. The molecule has 1 aromatic carbocycles. The fourth-order valence-corrected chi connectivity index (χ4v) is 4.71. The number of aliphatic carboxylic acids is 1. The van der Waals surface area contributed by atoms with Crippen molar-refractivity contribution >= 4 is 11.9 Å². The largest absolute Gasteiger partial charge is 0.490 e. The van der Waals surface area contributed by atoms with Crippen LogP contribution < -0.4 is 5.32 Å². The van der Waals surface area contributed by atoms with Crippen molar-refractivity contribution in [1.29, 1.82) is 0 Å². The van der Waals surface area contributed by atoms with Gasteiger partial charge in [0.15, 0.2) is 0 Å². The zero-order valence-electron chi connectivity index (χ0n) is 19.3. The minimum absolute atomic E-state index is 0.343. The molecule has 0 aliphatic heterocycles. The number of aromatic nitrogens is 3. The van der Waals surface area contributed by atoms with Crippen molar-refractivity contribution in [2.24, 2.45) is 0 Å². The molecule has 0 unspecified atom stereocenters. The van der Waals surface area contributed by atoms with Gasteiger partial charge in [0.2, 0.25) is 0 Å². The molecule has 0 amide bonds. The van der Waals surface area contributed by atoms with E-state index in [1.807, 2.05) is 12.3 Å². The molecule has 0 atom stereocenters. The van der Waals surface area contributed by atoms with Crippen molar-refractivity contribution in [1.82, 2.24) is 20.1 Å². The molecule has 2 aliphatic rings. The molecule has 11 heteroatoms. The highest BCUT2D eigenvalue weighted by atomic mass is 19.4. The molecule has 8 nitrogen and oxygen atoms in total. The maximum atomic E-state index is 11.9. The second-order valence-corrected chi connectivity index (χ2v) is 8.72. The van der Waals surface area contributed by atoms with Crippen LogP contribution in [0.4, 0.5) is 13.2 Å². The Morgan fingerprint density at radius 3 is 2.33 bits per heavy atom. The number of alkyl halides is 3. The van der Waals surface area contributed by atoms with E-state index in [0.717, 1.165) is 54.6 Å². The third-order valence-electron chi connectivity index (χ3n) is 6.33. The molecular weight excluding hydrogens is 477 g/mol. The summed E-state index contributed by atoms with van der Waals surface area (Å²) in [6.07, 6.45) is 3.02. The molecule has 2 aromatic heterocycles. The number of aromatic carboxylic acids is 1. The van der Waals surface area contributed by atoms with Crippen molar-refractivity contribution in [3.8, 4) is 11.3 Å². The highest BCUT2D eigenvalue weighted by Crippen LogP contribution is 2.34. The molecule has 0 saturated carbocycles. The smallest absolute Gasteiger partial charge is 0.477 e. The lowest BCUT2D eigenvalue weighted by Gasteiger charge is -2.14. The molecule has 190 valence electrons.